The van der Waals surface area contributed by atoms with E-state index in [-0.39, 0.29) is 0 Å². The van der Waals surface area contributed by atoms with Gasteiger partial charge in [-0.25, -0.2) is 0 Å². The molecule has 4 aromatic carbocycles. The molecule has 0 aliphatic heterocycles. The summed E-state index contributed by atoms with van der Waals surface area (Å²) in [5, 5.41) is 2.77. The minimum Gasteiger partial charge on any atom is -0.134 e. The van der Waals surface area contributed by atoms with Crippen LogP contribution in [0.4, 0.5) is 0 Å². The summed E-state index contributed by atoms with van der Waals surface area (Å²) >= 11 is 3.87. The minimum absolute atomic E-state index is 1.31. The highest BCUT2D eigenvalue weighted by atomic mass is 32.1. The third-order valence-electron chi connectivity index (χ3n) is 6.74. The zero-order valence-corrected chi connectivity index (χ0v) is 23.3. The summed E-state index contributed by atoms with van der Waals surface area (Å²) in [7, 11) is 0. The van der Waals surface area contributed by atoms with E-state index in [2.05, 4.69) is 101 Å². The van der Waals surface area contributed by atoms with Gasteiger partial charge < -0.3 is 0 Å². The van der Waals surface area contributed by atoms with Gasteiger partial charge in [-0.05, 0) is 85.7 Å². The van der Waals surface area contributed by atoms with Gasteiger partial charge in [-0.15, -0.1) is 22.7 Å². The lowest BCUT2D eigenvalue weighted by Gasteiger charge is -2.11. The Bertz CT molecular complexity index is 1690. The van der Waals surface area contributed by atoms with Gasteiger partial charge in [0.2, 0.25) is 0 Å². The highest BCUT2D eigenvalue weighted by Gasteiger charge is 2.15. The SMILES string of the molecule is CC.Cc1ccc(-c2ccc3c(c2)sc2c4ccc(-c5c(C)cc(C)cc5C)cc4sc32)c(C)c1. The van der Waals surface area contributed by atoms with Gasteiger partial charge in [0.15, 0.2) is 0 Å². The molecule has 176 valence electrons. The van der Waals surface area contributed by atoms with Crippen molar-refractivity contribution >= 4 is 52.2 Å². The van der Waals surface area contributed by atoms with Crippen LogP contribution in [0.1, 0.15) is 41.7 Å². The molecule has 0 radical (unpaired) electrons. The fourth-order valence-corrected chi connectivity index (χ4v) is 8.08. The van der Waals surface area contributed by atoms with Crippen molar-refractivity contribution in [1.29, 1.82) is 0 Å². The number of aryl methyl sites for hydroxylation is 5. The summed E-state index contributed by atoms with van der Waals surface area (Å²) in [6.45, 7) is 15.0. The van der Waals surface area contributed by atoms with Crippen LogP contribution < -0.4 is 0 Å². The first kappa shape index (κ1) is 23.8. The van der Waals surface area contributed by atoms with Crippen LogP contribution in [0.15, 0.2) is 66.7 Å². The summed E-state index contributed by atoms with van der Waals surface area (Å²) in [4.78, 5) is 0. The predicted molar refractivity (Wildman–Crippen MR) is 161 cm³/mol. The molecular weight excluding hydrogens is 460 g/mol. The predicted octanol–water partition coefficient (Wildman–Crippen LogP) is 11.2. The van der Waals surface area contributed by atoms with Crippen LogP contribution in [0.25, 0.3) is 51.8 Å². The van der Waals surface area contributed by atoms with Crippen molar-refractivity contribution in [2.24, 2.45) is 0 Å². The fourth-order valence-electron chi connectivity index (χ4n) is 5.35. The van der Waals surface area contributed by atoms with Crippen molar-refractivity contribution in [1.82, 2.24) is 0 Å². The highest BCUT2D eigenvalue weighted by molar-refractivity contribution is 7.36. The van der Waals surface area contributed by atoms with E-state index in [1.807, 2.05) is 36.5 Å². The lowest BCUT2D eigenvalue weighted by Crippen LogP contribution is -1.89. The van der Waals surface area contributed by atoms with E-state index in [4.69, 9.17) is 0 Å². The van der Waals surface area contributed by atoms with E-state index in [0.29, 0.717) is 0 Å². The summed E-state index contributed by atoms with van der Waals surface area (Å²) in [6, 6.07) is 25.4. The van der Waals surface area contributed by atoms with Gasteiger partial charge in [0.1, 0.15) is 0 Å². The van der Waals surface area contributed by atoms with E-state index in [9.17, 15) is 0 Å². The molecule has 0 nitrogen and oxygen atoms in total. The quantitative estimate of drug-likeness (QED) is 0.225. The Hall–Kier alpha value is -2.94. The van der Waals surface area contributed by atoms with Crippen molar-refractivity contribution in [3.05, 3.63) is 94.5 Å². The fraction of sp³-hybridized carbons (Fsp3) is 0.212. The summed E-state index contributed by atoms with van der Waals surface area (Å²) in [6.07, 6.45) is 0. The molecule has 0 fully saturated rings. The standard InChI is InChI=1S/C31H26S2.C2H6/c1-17-6-9-24(19(3)12-17)22-7-10-25-27(15-22)32-31-26-11-8-23(16-28(26)33-30(25)31)29-20(4)13-18(2)14-21(29)5;1-2/h6-16H,1-5H3;1-2H3. The average molecular weight is 493 g/mol. The molecule has 0 N–H and O–H groups in total. The van der Waals surface area contributed by atoms with Gasteiger partial charge in [-0.2, -0.15) is 0 Å². The number of hydrogen-bond acceptors (Lipinski definition) is 2. The molecule has 0 aliphatic rings. The van der Waals surface area contributed by atoms with Crippen LogP contribution in [0, 0.1) is 34.6 Å². The molecule has 0 spiro atoms. The van der Waals surface area contributed by atoms with Crippen molar-refractivity contribution < 1.29 is 0 Å². The molecule has 2 aromatic heterocycles. The lowest BCUT2D eigenvalue weighted by molar-refractivity contribution is 1.32. The van der Waals surface area contributed by atoms with Crippen LogP contribution in [0.3, 0.4) is 0 Å². The molecule has 0 saturated heterocycles. The maximum absolute atomic E-state index is 2.40. The maximum atomic E-state index is 2.40. The summed E-state index contributed by atoms with van der Waals surface area (Å²) < 4.78 is 5.61. The van der Waals surface area contributed by atoms with Crippen LogP contribution in [0.2, 0.25) is 0 Å². The molecule has 6 aromatic rings. The molecule has 2 heteroatoms. The second-order valence-electron chi connectivity index (χ2n) is 9.38. The van der Waals surface area contributed by atoms with E-state index >= 15 is 0 Å². The Morgan fingerprint density at radius 1 is 0.486 bits per heavy atom. The van der Waals surface area contributed by atoms with E-state index in [0.717, 1.165) is 0 Å². The Labute approximate surface area is 216 Å². The van der Waals surface area contributed by atoms with Gasteiger partial charge >= 0.3 is 0 Å². The Kier molecular flexibility index (Phi) is 6.29. The Morgan fingerprint density at radius 3 is 1.57 bits per heavy atom. The molecule has 35 heavy (non-hydrogen) atoms. The summed E-state index contributed by atoms with van der Waals surface area (Å²) in [5.41, 5.74) is 12.0. The highest BCUT2D eigenvalue weighted by Crippen LogP contribution is 2.46. The van der Waals surface area contributed by atoms with Crippen LogP contribution in [-0.4, -0.2) is 0 Å². The Balaban J connectivity index is 0.00000124. The van der Waals surface area contributed by atoms with Crippen molar-refractivity contribution in [2.45, 2.75) is 48.5 Å². The van der Waals surface area contributed by atoms with Crippen molar-refractivity contribution in [2.75, 3.05) is 0 Å². The number of hydrogen-bond donors (Lipinski definition) is 0. The van der Waals surface area contributed by atoms with Crippen molar-refractivity contribution in [3.63, 3.8) is 0 Å². The molecule has 6 rings (SSSR count). The van der Waals surface area contributed by atoms with Crippen molar-refractivity contribution in [3.8, 4) is 22.3 Å². The third kappa shape index (κ3) is 4.09. The lowest BCUT2D eigenvalue weighted by atomic mass is 9.93. The van der Waals surface area contributed by atoms with Gasteiger partial charge in [0.05, 0.1) is 9.40 Å². The molecular formula is C33H32S2. The van der Waals surface area contributed by atoms with E-state index < -0.39 is 0 Å². The summed E-state index contributed by atoms with van der Waals surface area (Å²) in [5.74, 6) is 0. The first-order valence-electron chi connectivity index (χ1n) is 12.4. The molecule has 0 saturated carbocycles. The number of fused-ring (bicyclic) bond motifs is 5. The molecule has 0 unspecified atom stereocenters. The number of thiophene rings is 2. The molecule has 0 aliphatic carbocycles. The topological polar surface area (TPSA) is 0 Å². The van der Waals surface area contributed by atoms with Crippen LogP contribution in [-0.2, 0) is 0 Å². The van der Waals surface area contributed by atoms with Gasteiger partial charge in [0.25, 0.3) is 0 Å². The van der Waals surface area contributed by atoms with E-state index in [1.165, 1.54) is 79.6 Å². The number of benzene rings is 4. The van der Waals surface area contributed by atoms with Gasteiger partial charge in [0, 0.05) is 20.2 Å². The number of rotatable bonds is 2. The third-order valence-corrected chi connectivity index (χ3v) is 9.24. The minimum atomic E-state index is 1.31. The van der Waals surface area contributed by atoms with E-state index in [1.54, 1.807) is 0 Å². The first-order chi connectivity index (χ1) is 16.9. The molecule has 0 bridgehead atoms. The zero-order valence-electron chi connectivity index (χ0n) is 21.7. The average Bonchev–Trinajstić information content (AvgIpc) is 3.35. The largest absolute Gasteiger partial charge is 0.134 e. The maximum Gasteiger partial charge on any atom is 0.0542 e. The van der Waals surface area contributed by atoms with Crippen LogP contribution in [0.5, 0.6) is 0 Å². The van der Waals surface area contributed by atoms with Gasteiger partial charge in [-0.3, -0.25) is 0 Å². The Morgan fingerprint density at radius 2 is 1.00 bits per heavy atom. The molecule has 0 amide bonds. The molecule has 2 heterocycles. The second-order valence-corrected chi connectivity index (χ2v) is 11.5. The second kappa shape index (κ2) is 9.26. The first-order valence-corrected chi connectivity index (χ1v) is 14.1. The monoisotopic (exact) mass is 492 g/mol. The zero-order chi connectivity index (χ0) is 24.9. The smallest absolute Gasteiger partial charge is 0.0542 e. The normalized spacial score (nSPS) is 11.3. The van der Waals surface area contributed by atoms with Crippen LogP contribution >= 0.6 is 22.7 Å². The molecule has 0 atom stereocenters. The van der Waals surface area contributed by atoms with Gasteiger partial charge in [-0.1, -0.05) is 79.6 Å².